The van der Waals surface area contributed by atoms with Gasteiger partial charge < -0.3 is 20.3 Å². The Hall–Kier alpha value is -5.61. The van der Waals surface area contributed by atoms with Crippen LogP contribution in [-0.4, -0.2) is 63.8 Å². The lowest BCUT2D eigenvalue weighted by Gasteiger charge is -2.12. The van der Waals surface area contributed by atoms with Crippen molar-refractivity contribution in [2.45, 2.75) is 13.0 Å². The lowest BCUT2D eigenvalue weighted by molar-refractivity contribution is -0.138. The van der Waals surface area contributed by atoms with Crippen LogP contribution in [-0.2, 0) is 20.9 Å². The Labute approximate surface area is 260 Å². The van der Waals surface area contributed by atoms with Crippen molar-refractivity contribution < 1.29 is 14.3 Å². The highest BCUT2D eigenvalue weighted by atomic mass is 16.5. The smallest absolute Gasteiger partial charge is 0.330 e. The molecule has 45 heavy (non-hydrogen) atoms. The number of ether oxygens (including phenoxy) is 1. The Morgan fingerprint density at radius 3 is 2.53 bits per heavy atom. The largest absolute Gasteiger partial charge is 0.462 e. The third kappa shape index (κ3) is 7.14. The average molecular weight is 600 g/mol. The minimum atomic E-state index is -0.558. The van der Waals surface area contributed by atoms with Crippen LogP contribution in [0.3, 0.4) is 0 Å². The number of anilines is 3. The quantitative estimate of drug-likeness (QED) is 0.107. The van der Waals surface area contributed by atoms with Gasteiger partial charge in [0, 0.05) is 57.8 Å². The third-order valence-electron chi connectivity index (χ3n) is 7.27. The number of esters is 1. The lowest BCUT2D eigenvalue weighted by atomic mass is 10.1. The first kappa shape index (κ1) is 29.5. The first-order chi connectivity index (χ1) is 21.9. The molecule has 0 atom stereocenters. The van der Waals surface area contributed by atoms with Crippen LogP contribution in [0, 0.1) is 0 Å². The molecule has 6 rings (SSSR count). The number of nitrogens with zero attached hydrogens (tertiary/aromatic N) is 5. The van der Waals surface area contributed by atoms with E-state index in [1.165, 1.54) is 18.0 Å². The highest BCUT2D eigenvalue weighted by Crippen LogP contribution is 2.34. The molecule has 2 aromatic heterocycles. The van der Waals surface area contributed by atoms with Gasteiger partial charge in [-0.05, 0) is 50.3 Å². The maximum absolute atomic E-state index is 12.6. The number of rotatable bonds is 11. The fraction of sp³-hybridized carbons (Fsp3) is 0.171. The molecule has 0 unspecified atom stereocenters. The minimum absolute atomic E-state index is 0.293. The second-order valence-corrected chi connectivity index (χ2v) is 10.9. The molecule has 0 fully saturated rings. The molecule has 0 radical (unpaired) electrons. The zero-order valence-electron chi connectivity index (χ0n) is 25.1. The Morgan fingerprint density at radius 1 is 0.911 bits per heavy atom. The van der Waals surface area contributed by atoms with Crippen molar-refractivity contribution in [2.75, 3.05) is 37.9 Å². The Balaban J connectivity index is 1.23. The van der Waals surface area contributed by atoms with Crippen LogP contribution in [0.2, 0.25) is 0 Å². The predicted molar refractivity (Wildman–Crippen MR) is 178 cm³/mol. The molecule has 0 bridgehead atoms. The van der Waals surface area contributed by atoms with Crippen LogP contribution >= 0.6 is 0 Å². The molecular formula is C35H33N7O3. The van der Waals surface area contributed by atoms with E-state index >= 15 is 0 Å². The molecular weight excluding hydrogens is 566 g/mol. The molecule has 0 aliphatic heterocycles. The summed E-state index contributed by atoms with van der Waals surface area (Å²) in [6, 6.07) is 25.8. The molecule has 0 aliphatic carbocycles. The topological polar surface area (TPSA) is 114 Å². The summed E-state index contributed by atoms with van der Waals surface area (Å²) in [6.07, 6.45) is 6.58. The minimum Gasteiger partial charge on any atom is -0.462 e. The van der Waals surface area contributed by atoms with Gasteiger partial charge in [0.1, 0.15) is 17.7 Å². The van der Waals surface area contributed by atoms with E-state index in [1.54, 1.807) is 6.07 Å². The van der Waals surface area contributed by atoms with Gasteiger partial charge in [0.2, 0.25) is 5.91 Å². The Morgan fingerprint density at radius 2 is 1.71 bits per heavy atom. The van der Waals surface area contributed by atoms with Gasteiger partial charge in [-0.15, -0.1) is 0 Å². The van der Waals surface area contributed by atoms with Crippen molar-refractivity contribution in [3.05, 3.63) is 109 Å². The zero-order valence-corrected chi connectivity index (χ0v) is 25.1. The van der Waals surface area contributed by atoms with E-state index in [0.717, 1.165) is 51.8 Å². The summed E-state index contributed by atoms with van der Waals surface area (Å²) in [4.78, 5) is 35.5. The van der Waals surface area contributed by atoms with E-state index in [2.05, 4.69) is 57.1 Å². The van der Waals surface area contributed by atoms with Gasteiger partial charge in [-0.2, -0.15) is 5.10 Å². The highest BCUT2D eigenvalue weighted by Gasteiger charge is 2.13. The van der Waals surface area contributed by atoms with Crippen molar-refractivity contribution in [2.24, 2.45) is 0 Å². The van der Waals surface area contributed by atoms with Gasteiger partial charge in [-0.25, -0.2) is 14.8 Å². The molecule has 0 spiro atoms. The van der Waals surface area contributed by atoms with E-state index in [4.69, 9.17) is 9.84 Å². The van der Waals surface area contributed by atoms with Crippen LogP contribution in [0.15, 0.2) is 104 Å². The lowest BCUT2D eigenvalue weighted by Crippen LogP contribution is -2.16. The summed E-state index contributed by atoms with van der Waals surface area (Å²) in [5.41, 5.74) is 4.23. The van der Waals surface area contributed by atoms with Crippen molar-refractivity contribution in [3.8, 4) is 0 Å². The first-order valence-corrected chi connectivity index (χ1v) is 14.7. The van der Waals surface area contributed by atoms with E-state index in [-0.39, 0.29) is 0 Å². The van der Waals surface area contributed by atoms with Crippen molar-refractivity contribution >= 4 is 61.6 Å². The SMILES string of the molecule is CN(C)CCCOC(=O)C=CC(=O)Nc1ccc2ncnc(Nc3cc4cn(Cc5ccccc5)nc4c4ccccc34)c2c1. The van der Waals surface area contributed by atoms with Crippen LogP contribution in [0.4, 0.5) is 17.2 Å². The molecule has 0 saturated heterocycles. The number of benzene rings is 4. The maximum atomic E-state index is 12.6. The molecule has 1 amide bonds. The van der Waals surface area contributed by atoms with Crippen molar-refractivity contribution in [1.82, 2.24) is 24.6 Å². The molecule has 6 aromatic rings. The van der Waals surface area contributed by atoms with Crippen LogP contribution < -0.4 is 10.6 Å². The number of amides is 1. The second-order valence-electron chi connectivity index (χ2n) is 10.9. The second kappa shape index (κ2) is 13.4. The fourth-order valence-electron chi connectivity index (χ4n) is 5.16. The fourth-order valence-corrected chi connectivity index (χ4v) is 5.16. The van der Waals surface area contributed by atoms with Gasteiger partial charge in [0.25, 0.3) is 0 Å². The maximum Gasteiger partial charge on any atom is 0.330 e. The molecule has 10 heteroatoms. The van der Waals surface area contributed by atoms with Crippen LogP contribution in [0.1, 0.15) is 12.0 Å². The number of hydrogen-bond donors (Lipinski definition) is 2. The number of fused-ring (bicyclic) bond motifs is 4. The van der Waals surface area contributed by atoms with E-state index < -0.39 is 11.9 Å². The van der Waals surface area contributed by atoms with E-state index in [9.17, 15) is 9.59 Å². The zero-order chi connectivity index (χ0) is 31.2. The Bertz CT molecular complexity index is 2020. The molecule has 0 aliphatic rings. The average Bonchev–Trinajstić information content (AvgIpc) is 3.45. The molecule has 226 valence electrons. The summed E-state index contributed by atoms with van der Waals surface area (Å²) < 4.78 is 7.11. The van der Waals surface area contributed by atoms with Crippen LogP contribution in [0.25, 0.3) is 32.6 Å². The van der Waals surface area contributed by atoms with Crippen molar-refractivity contribution in [1.29, 1.82) is 0 Å². The van der Waals surface area contributed by atoms with Gasteiger partial charge in [0.15, 0.2) is 0 Å². The number of nitrogens with one attached hydrogen (secondary N) is 2. The predicted octanol–water partition coefficient (Wildman–Crippen LogP) is 5.91. The van der Waals surface area contributed by atoms with E-state index in [1.807, 2.05) is 66.1 Å². The molecule has 10 nitrogen and oxygen atoms in total. The van der Waals surface area contributed by atoms with Gasteiger partial charge in [0.05, 0.1) is 18.7 Å². The van der Waals surface area contributed by atoms with Crippen LogP contribution in [0.5, 0.6) is 0 Å². The number of hydrogen-bond acceptors (Lipinski definition) is 8. The molecule has 2 N–H and O–H groups in total. The van der Waals surface area contributed by atoms with E-state index in [0.29, 0.717) is 30.2 Å². The summed E-state index contributed by atoms with van der Waals surface area (Å²) in [5.74, 6) is -0.416. The normalized spacial score (nSPS) is 11.5. The number of carbonyl (C=O) groups excluding carboxylic acids is 2. The summed E-state index contributed by atoms with van der Waals surface area (Å²) in [5, 5.41) is 15.0. The first-order valence-electron chi connectivity index (χ1n) is 14.7. The van der Waals surface area contributed by atoms with Gasteiger partial charge >= 0.3 is 5.97 Å². The molecule has 4 aromatic carbocycles. The standard InChI is InChI=1S/C35H33N7O3/c1-41(2)17-8-18-45-33(44)16-15-32(43)38-26-13-14-30-29(20-26)35(37-23-36-30)39-31-19-25-22-42(21-24-9-4-3-5-10-24)40-34(25)28-12-7-6-11-27(28)31/h3-7,9-16,19-20,22-23H,8,17-18,21H2,1-2H3,(H,38,43)(H,36,37,39). The number of aromatic nitrogens is 4. The van der Waals surface area contributed by atoms with Gasteiger partial charge in [-0.3, -0.25) is 9.48 Å². The summed E-state index contributed by atoms with van der Waals surface area (Å²) in [7, 11) is 3.91. The Kier molecular flexibility index (Phi) is 8.74. The highest BCUT2D eigenvalue weighted by molar-refractivity contribution is 6.12. The van der Waals surface area contributed by atoms with Crippen molar-refractivity contribution in [3.63, 3.8) is 0 Å². The molecule has 0 saturated carbocycles. The number of carbonyl (C=O) groups is 2. The third-order valence-corrected chi connectivity index (χ3v) is 7.27. The molecule has 2 heterocycles. The monoisotopic (exact) mass is 599 g/mol. The summed E-state index contributed by atoms with van der Waals surface area (Å²) >= 11 is 0. The summed E-state index contributed by atoms with van der Waals surface area (Å²) in [6.45, 7) is 1.77. The van der Waals surface area contributed by atoms with Gasteiger partial charge in [-0.1, -0.05) is 54.6 Å².